The molecule has 0 bridgehead atoms. The fourth-order valence-corrected chi connectivity index (χ4v) is 2.35. The summed E-state index contributed by atoms with van der Waals surface area (Å²) in [5.41, 5.74) is 0. The molecule has 1 saturated carbocycles. The third kappa shape index (κ3) is 5.64. The van der Waals surface area contributed by atoms with E-state index >= 15 is 0 Å². The van der Waals surface area contributed by atoms with E-state index in [-0.39, 0.29) is 18.0 Å². The SMILES string of the molecule is C#CCC(C)NC(=O)NCC1CCC(C(=O)O)CC1. The molecule has 19 heavy (non-hydrogen) atoms. The zero-order valence-electron chi connectivity index (χ0n) is 11.3. The van der Waals surface area contributed by atoms with Crippen molar-refractivity contribution in [1.29, 1.82) is 0 Å². The summed E-state index contributed by atoms with van der Waals surface area (Å²) in [6, 6.07) is -0.240. The molecule has 0 heterocycles. The van der Waals surface area contributed by atoms with Crippen LogP contribution >= 0.6 is 0 Å². The first-order valence-electron chi connectivity index (χ1n) is 6.73. The summed E-state index contributed by atoms with van der Waals surface area (Å²) in [6.45, 7) is 2.46. The summed E-state index contributed by atoms with van der Waals surface area (Å²) in [5, 5.41) is 14.5. The van der Waals surface area contributed by atoms with Gasteiger partial charge in [-0.15, -0.1) is 12.3 Å². The highest BCUT2D eigenvalue weighted by Crippen LogP contribution is 2.28. The first-order valence-corrected chi connectivity index (χ1v) is 6.73. The Labute approximate surface area is 114 Å². The molecule has 1 aliphatic carbocycles. The van der Waals surface area contributed by atoms with Crippen molar-refractivity contribution in [1.82, 2.24) is 10.6 Å². The number of carboxylic acid groups (broad SMARTS) is 1. The Bertz CT molecular complexity index is 354. The molecule has 1 fully saturated rings. The molecule has 0 aliphatic heterocycles. The van der Waals surface area contributed by atoms with E-state index in [1.807, 2.05) is 6.92 Å². The fourth-order valence-electron chi connectivity index (χ4n) is 2.35. The molecule has 1 unspecified atom stereocenters. The minimum absolute atomic E-state index is 0.0345. The lowest BCUT2D eigenvalue weighted by Crippen LogP contribution is -2.43. The highest BCUT2D eigenvalue weighted by Gasteiger charge is 2.25. The van der Waals surface area contributed by atoms with E-state index in [1.54, 1.807) is 0 Å². The van der Waals surface area contributed by atoms with Crippen molar-refractivity contribution in [2.45, 2.75) is 45.1 Å². The summed E-state index contributed by atoms with van der Waals surface area (Å²) in [5.74, 6) is 1.97. The number of carboxylic acids is 1. The normalized spacial score (nSPS) is 24.0. The first-order chi connectivity index (χ1) is 9.02. The lowest BCUT2D eigenvalue weighted by molar-refractivity contribution is -0.143. The van der Waals surface area contributed by atoms with Crippen molar-refractivity contribution >= 4 is 12.0 Å². The molecule has 0 aromatic heterocycles. The standard InChI is InChI=1S/C14H22N2O3/c1-3-4-10(2)16-14(19)15-9-11-5-7-12(8-6-11)13(17)18/h1,10-12H,4-9H2,2H3,(H,17,18)(H2,15,16,19). The largest absolute Gasteiger partial charge is 0.481 e. The van der Waals surface area contributed by atoms with Gasteiger partial charge in [0.05, 0.1) is 5.92 Å². The predicted molar refractivity (Wildman–Crippen MR) is 72.5 cm³/mol. The minimum atomic E-state index is -0.702. The molecule has 0 radical (unpaired) electrons. The molecule has 5 nitrogen and oxygen atoms in total. The molecule has 5 heteroatoms. The van der Waals surface area contributed by atoms with Gasteiger partial charge in [0.15, 0.2) is 0 Å². The number of carbonyl (C=O) groups is 2. The van der Waals surface area contributed by atoms with Crippen molar-refractivity contribution in [3.8, 4) is 12.3 Å². The minimum Gasteiger partial charge on any atom is -0.481 e. The van der Waals surface area contributed by atoms with Crippen LogP contribution in [0, 0.1) is 24.2 Å². The van der Waals surface area contributed by atoms with Crippen LogP contribution in [0.2, 0.25) is 0 Å². The third-order valence-electron chi connectivity index (χ3n) is 3.55. The van der Waals surface area contributed by atoms with Crippen LogP contribution in [0.1, 0.15) is 39.0 Å². The maximum Gasteiger partial charge on any atom is 0.315 e. The molecule has 1 aliphatic rings. The smallest absolute Gasteiger partial charge is 0.315 e. The average Bonchev–Trinajstić information content (AvgIpc) is 2.37. The molecule has 1 rings (SSSR count). The van der Waals surface area contributed by atoms with E-state index in [0.717, 1.165) is 12.8 Å². The Kier molecular flexibility index (Phi) is 6.20. The van der Waals surface area contributed by atoms with Crippen LogP contribution in [0.4, 0.5) is 4.79 Å². The number of amides is 2. The second-order valence-corrected chi connectivity index (χ2v) is 5.22. The van der Waals surface area contributed by atoms with Gasteiger partial charge in [0, 0.05) is 19.0 Å². The number of carbonyl (C=O) groups excluding carboxylic acids is 1. The number of aliphatic carboxylic acids is 1. The molecule has 106 valence electrons. The van der Waals surface area contributed by atoms with Crippen molar-refractivity contribution in [3.63, 3.8) is 0 Å². The van der Waals surface area contributed by atoms with Gasteiger partial charge >= 0.3 is 12.0 Å². The predicted octanol–water partition coefficient (Wildman–Crippen LogP) is 1.59. The van der Waals surface area contributed by atoms with Gasteiger partial charge in [-0.1, -0.05) is 0 Å². The quantitative estimate of drug-likeness (QED) is 0.661. The van der Waals surface area contributed by atoms with Gasteiger partial charge < -0.3 is 15.7 Å². The van der Waals surface area contributed by atoms with Crippen LogP contribution in [0.5, 0.6) is 0 Å². The number of hydrogen-bond acceptors (Lipinski definition) is 2. The number of urea groups is 1. The summed E-state index contributed by atoms with van der Waals surface area (Å²) in [4.78, 5) is 22.4. The van der Waals surface area contributed by atoms with Crippen LogP contribution in [-0.4, -0.2) is 29.7 Å². The van der Waals surface area contributed by atoms with Gasteiger partial charge in [0.2, 0.25) is 0 Å². The second-order valence-electron chi connectivity index (χ2n) is 5.22. The zero-order valence-corrected chi connectivity index (χ0v) is 11.3. The topological polar surface area (TPSA) is 78.4 Å². The Morgan fingerprint density at radius 2 is 2.00 bits per heavy atom. The summed E-state index contributed by atoms with van der Waals surface area (Å²) in [6.07, 6.45) is 8.80. The first kappa shape index (κ1) is 15.4. The Morgan fingerprint density at radius 3 is 2.53 bits per heavy atom. The Morgan fingerprint density at radius 1 is 1.37 bits per heavy atom. The van der Waals surface area contributed by atoms with Gasteiger partial charge in [-0.05, 0) is 38.5 Å². The van der Waals surface area contributed by atoms with E-state index in [9.17, 15) is 9.59 Å². The molecule has 2 amide bonds. The third-order valence-corrected chi connectivity index (χ3v) is 3.55. The van der Waals surface area contributed by atoms with Crippen molar-refractivity contribution < 1.29 is 14.7 Å². The molecular weight excluding hydrogens is 244 g/mol. The molecule has 3 N–H and O–H groups in total. The molecule has 0 spiro atoms. The molecular formula is C14H22N2O3. The number of hydrogen-bond donors (Lipinski definition) is 3. The lowest BCUT2D eigenvalue weighted by atomic mass is 9.82. The average molecular weight is 266 g/mol. The van der Waals surface area contributed by atoms with Crippen LogP contribution in [0.15, 0.2) is 0 Å². The van der Waals surface area contributed by atoms with Crippen molar-refractivity contribution in [2.75, 3.05) is 6.54 Å². The summed E-state index contributed by atoms with van der Waals surface area (Å²) < 4.78 is 0. The van der Waals surface area contributed by atoms with Gasteiger partial charge in [-0.2, -0.15) is 0 Å². The number of terminal acetylenes is 1. The van der Waals surface area contributed by atoms with Crippen LogP contribution in [-0.2, 0) is 4.79 Å². The lowest BCUT2D eigenvalue weighted by Gasteiger charge is -2.26. The fraction of sp³-hybridized carbons (Fsp3) is 0.714. The monoisotopic (exact) mass is 266 g/mol. The van der Waals surface area contributed by atoms with E-state index in [0.29, 0.717) is 31.7 Å². The number of nitrogens with one attached hydrogen (secondary N) is 2. The summed E-state index contributed by atoms with van der Waals surface area (Å²) in [7, 11) is 0. The zero-order chi connectivity index (χ0) is 14.3. The van der Waals surface area contributed by atoms with E-state index in [4.69, 9.17) is 11.5 Å². The Hall–Kier alpha value is -1.70. The van der Waals surface area contributed by atoms with E-state index in [1.165, 1.54) is 0 Å². The molecule has 0 saturated heterocycles. The number of rotatable bonds is 5. The van der Waals surface area contributed by atoms with Crippen molar-refractivity contribution in [2.24, 2.45) is 11.8 Å². The highest BCUT2D eigenvalue weighted by atomic mass is 16.4. The van der Waals surface area contributed by atoms with E-state index < -0.39 is 5.97 Å². The maximum absolute atomic E-state index is 11.6. The highest BCUT2D eigenvalue weighted by molar-refractivity contribution is 5.74. The molecule has 0 aromatic rings. The summed E-state index contributed by atoms with van der Waals surface area (Å²) >= 11 is 0. The second kappa shape index (κ2) is 7.67. The van der Waals surface area contributed by atoms with Gasteiger partial charge in [0.25, 0.3) is 0 Å². The molecule has 1 atom stereocenters. The van der Waals surface area contributed by atoms with Gasteiger partial charge in [-0.25, -0.2) is 4.79 Å². The van der Waals surface area contributed by atoms with E-state index in [2.05, 4.69) is 16.6 Å². The van der Waals surface area contributed by atoms with Gasteiger partial charge in [0.1, 0.15) is 0 Å². The van der Waals surface area contributed by atoms with Crippen LogP contribution in [0.3, 0.4) is 0 Å². The van der Waals surface area contributed by atoms with Crippen LogP contribution < -0.4 is 10.6 Å². The van der Waals surface area contributed by atoms with Crippen LogP contribution in [0.25, 0.3) is 0 Å². The molecule has 0 aromatic carbocycles. The van der Waals surface area contributed by atoms with Crippen molar-refractivity contribution in [3.05, 3.63) is 0 Å². The van der Waals surface area contributed by atoms with Gasteiger partial charge in [-0.3, -0.25) is 4.79 Å². The Balaban J connectivity index is 2.18. The maximum atomic E-state index is 11.6.